The molecule has 6 aromatic rings. The van der Waals surface area contributed by atoms with Crippen LogP contribution in [0.5, 0.6) is 0 Å². The Kier molecular flexibility index (Phi) is 8.10. The predicted octanol–water partition coefficient (Wildman–Crippen LogP) is 3.23. The number of fused-ring (bicyclic) bond motifs is 1. The Labute approximate surface area is 258 Å². The van der Waals surface area contributed by atoms with Gasteiger partial charge in [0.05, 0.1) is 6.33 Å². The molecule has 4 aromatic heterocycles. The maximum absolute atomic E-state index is 11.0. The lowest BCUT2D eigenvalue weighted by Crippen LogP contribution is -2.29. The minimum absolute atomic E-state index is 0.0397. The van der Waals surface area contributed by atoms with Crippen molar-refractivity contribution in [3.8, 4) is 0 Å². The van der Waals surface area contributed by atoms with Crippen LogP contribution in [0.2, 0.25) is 0 Å². The molecule has 0 aliphatic carbocycles. The Bertz CT molecular complexity index is 1780. The van der Waals surface area contributed by atoms with Crippen molar-refractivity contribution in [2.24, 2.45) is 0 Å². The number of aromatic amines is 1. The highest BCUT2D eigenvalue weighted by molar-refractivity contribution is 5.84. The number of pyridine rings is 1. The van der Waals surface area contributed by atoms with Gasteiger partial charge in [0.25, 0.3) is 0 Å². The summed E-state index contributed by atoms with van der Waals surface area (Å²) in [6.07, 6.45) is 0.897. The van der Waals surface area contributed by atoms with Gasteiger partial charge >= 0.3 is 0 Å². The first-order valence-electron chi connectivity index (χ1n) is 14.7. The summed E-state index contributed by atoms with van der Waals surface area (Å²) in [7, 11) is 0. The number of rotatable bonds is 11. The highest BCUT2D eigenvalue weighted by Crippen LogP contribution is 2.39. The van der Waals surface area contributed by atoms with Crippen LogP contribution in [-0.2, 0) is 11.2 Å². The molecule has 0 bridgehead atoms. The summed E-state index contributed by atoms with van der Waals surface area (Å²) >= 11 is 0. The normalized spacial score (nSPS) is 19.7. The molecule has 0 amide bonds. The molecule has 0 unspecified atom stereocenters. The number of aromatic nitrogens is 8. The zero-order valence-electron chi connectivity index (χ0n) is 24.2. The first-order chi connectivity index (χ1) is 22.2. The highest BCUT2D eigenvalue weighted by atomic mass is 16.6. The molecule has 0 saturated carbocycles. The first-order valence-corrected chi connectivity index (χ1v) is 14.7. The van der Waals surface area contributed by atoms with Crippen molar-refractivity contribution in [3.05, 3.63) is 120 Å². The average Bonchev–Trinajstić information content (AvgIpc) is 3.83. The Morgan fingerprint density at radius 3 is 2.29 bits per heavy atom. The topological polar surface area (TPSA) is 172 Å². The Morgan fingerprint density at radius 2 is 1.60 bits per heavy atom. The van der Waals surface area contributed by atoms with E-state index in [1.54, 1.807) is 10.8 Å². The van der Waals surface area contributed by atoms with E-state index in [0.29, 0.717) is 48.3 Å². The molecular weight excluding hydrogens is 572 g/mol. The third-order valence-electron chi connectivity index (χ3n) is 7.90. The molecule has 5 heterocycles. The molecule has 1 aliphatic heterocycles. The standard InChI is InChI=1S/C32H32N10O3/c43-25-26(44)31(45-27(25)29-36-18-38-41-29)42-19-37-24-28(39-32(40-30(24)42)34-16-14-22-13-7-8-15-33-22)35-17-23(20-9-3-1-4-10-20)21-11-5-2-6-12-21/h1-13,15,18-19,23,25-27,31,43-44H,14,16-17H2,(H,36,38,41)(H2,34,35,39,40)/t25-,26+,27-,31+/m0/s1. The monoisotopic (exact) mass is 604 g/mol. The molecule has 0 spiro atoms. The number of aliphatic hydroxyl groups is 2. The molecule has 5 N–H and O–H groups in total. The summed E-state index contributed by atoms with van der Waals surface area (Å²) in [6, 6.07) is 26.4. The molecule has 1 saturated heterocycles. The van der Waals surface area contributed by atoms with Crippen molar-refractivity contribution < 1.29 is 14.9 Å². The number of nitrogens with one attached hydrogen (secondary N) is 3. The van der Waals surface area contributed by atoms with E-state index in [0.717, 1.165) is 16.8 Å². The lowest BCUT2D eigenvalue weighted by Gasteiger charge is -2.20. The molecular formula is C32H32N10O3. The lowest BCUT2D eigenvalue weighted by atomic mass is 9.91. The van der Waals surface area contributed by atoms with Crippen LogP contribution >= 0.6 is 0 Å². The van der Waals surface area contributed by atoms with Crippen molar-refractivity contribution in [1.82, 2.24) is 39.7 Å². The van der Waals surface area contributed by atoms with Crippen LogP contribution in [0.15, 0.2) is 97.7 Å². The Balaban J connectivity index is 1.21. The Morgan fingerprint density at radius 1 is 0.844 bits per heavy atom. The number of imidazole rings is 1. The molecule has 0 radical (unpaired) electrons. The molecule has 1 aliphatic rings. The largest absolute Gasteiger partial charge is 0.387 e. The van der Waals surface area contributed by atoms with Crippen molar-refractivity contribution in [3.63, 3.8) is 0 Å². The van der Waals surface area contributed by atoms with Gasteiger partial charge in [-0.2, -0.15) is 15.1 Å². The van der Waals surface area contributed by atoms with Gasteiger partial charge < -0.3 is 25.6 Å². The molecule has 4 atom stereocenters. The fraction of sp³-hybridized carbons (Fsp3) is 0.250. The van der Waals surface area contributed by atoms with Gasteiger partial charge in [0.1, 0.15) is 24.6 Å². The van der Waals surface area contributed by atoms with E-state index in [1.165, 1.54) is 12.7 Å². The first kappa shape index (κ1) is 28.5. The average molecular weight is 605 g/mol. The summed E-state index contributed by atoms with van der Waals surface area (Å²) in [6.45, 7) is 1.08. The SMILES string of the molecule is O[C@@H]1[C@H](O)[C@@H](c2ncn[nH]2)O[C@H]1n1cnc2c(NCC(c3ccccc3)c3ccccc3)nc(NCCc3ccccn3)nc21. The molecule has 228 valence electrons. The molecule has 2 aromatic carbocycles. The minimum atomic E-state index is -1.27. The predicted molar refractivity (Wildman–Crippen MR) is 166 cm³/mol. The number of hydrogen-bond acceptors (Lipinski definition) is 11. The van der Waals surface area contributed by atoms with Crippen LogP contribution in [0, 0.1) is 0 Å². The number of H-pyrrole nitrogens is 1. The van der Waals surface area contributed by atoms with Gasteiger partial charge in [-0.3, -0.25) is 14.6 Å². The summed E-state index contributed by atoms with van der Waals surface area (Å²) in [5.74, 6) is 1.25. The van der Waals surface area contributed by atoms with Crippen molar-refractivity contribution >= 4 is 22.9 Å². The van der Waals surface area contributed by atoms with E-state index in [1.807, 2.05) is 54.6 Å². The zero-order valence-corrected chi connectivity index (χ0v) is 24.2. The third kappa shape index (κ3) is 5.96. The molecule has 7 rings (SSSR count). The van der Waals surface area contributed by atoms with E-state index in [-0.39, 0.29) is 5.92 Å². The molecule has 13 heteroatoms. The third-order valence-corrected chi connectivity index (χ3v) is 7.90. The van der Waals surface area contributed by atoms with Gasteiger partial charge in [0, 0.05) is 37.3 Å². The fourth-order valence-corrected chi connectivity index (χ4v) is 5.62. The fourth-order valence-electron chi connectivity index (χ4n) is 5.62. The van der Waals surface area contributed by atoms with Gasteiger partial charge in [-0.05, 0) is 23.3 Å². The highest BCUT2D eigenvalue weighted by Gasteiger charge is 2.46. The van der Waals surface area contributed by atoms with Crippen LogP contribution in [0.3, 0.4) is 0 Å². The number of hydrogen-bond donors (Lipinski definition) is 5. The van der Waals surface area contributed by atoms with Gasteiger partial charge in [-0.25, -0.2) is 9.97 Å². The van der Waals surface area contributed by atoms with E-state index in [4.69, 9.17) is 14.7 Å². The van der Waals surface area contributed by atoms with Gasteiger partial charge in [0.15, 0.2) is 29.0 Å². The molecule has 45 heavy (non-hydrogen) atoms. The number of ether oxygens (including phenoxy) is 1. The van der Waals surface area contributed by atoms with Crippen LogP contribution in [0.1, 0.15) is 40.9 Å². The summed E-state index contributed by atoms with van der Waals surface area (Å²) < 4.78 is 7.71. The number of anilines is 2. The van der Waals surface area contributed by atoms with Crippen molar-refractivity contribution in [1.29, 1.82) is 0 Å². The van der Waals surface area contributed by atoms with Crippen molar-refractivity contribution in [2.75, 3.05) is 23.7 Å². The summed E-state index contributed by atoms with van der Waals surface area (Å²) in [5, 5.41) is 35.2. The number of benzene rings is 2. The quantitative estimate of drug-likeness (QED) is 0.147. The van der Waals surface area contributed by atoms with E-state index in [2.05, 4.69) is 60.0 Å². The van der Waals surface area contributed by atoms with Crippen LogP contribution in [0.4, 0.5) is 11.8 Å². The van der Waals surface area contributed by atoms with Crippen molar-refractivity contribution in [2.45, 2.75) is 36.9 Å². The van der Waals surface area contributed by atoms with Crippen LogP contribution in [-0.4, -0.2) is 75.2 Å². The maximum atomic E-state index is 11.0. The van der Waals surface area contributed by atoms with Gasteiger partial charge in [0.2, 0.25) is 5.95 Å². The second-order valence-corrected chi connectivity index (χ2v) is 10.8. The van der Waals surface area contributed by atoms with Crippen LogP contribution < -0.4 is 10.6 Å². The van der Waals surface area contributed by atoms with Gasteiger partial charge in [-0.1, -0.05) is 66.7 Å². The second-order valence-electron chi connectivity index (χ2n) is 10.8. The summed E-state index contributed by atoms with van der Waals surface area (Å²) in [5.41, 5.74) is 4.20. The van der Waals surface area contributed by atoms with Gasteiger partial charge in [-0.15, -0.1) is 0 Å². The van der Waals surface area contributed by atoms with E-state index < -0.39 is 24.5 Å². The Hall–Kier alpha value is -5.24. The molecule has 13 nitrogen and oxygen atoms in total. The lowest BCUT2D eigenvalue weighted by molar-refractivity contribution is -0.0382. The number of aliphatic hydroxyl groups excluding tert-OH is 2. The second kappa shape index (κ2) is 12.8. The zero-order chi connectivity index (χ0) is 30.6. The maximum Gasteiger partial charge on any atom is 0.226 e. The van der Waals surface area contributed by atoms with E-state index in [9.17, 15) is 10.2 Å². The van der Waals surface area contributed by atoms with E-state index >= 15 is 0 Å². The number of nitrogens with zero attached hydrogens (tertiary/aromatic N) is 7. The smallest absolute Gasteiger partial charge is 0.226 e. The van der Waals surface area contributed by atoms with Crippen LogP contribution in [0.25, 0.3) is 11.2 Å². The molecule has 1 fully saturated rings. The summed E-state index contributed by atoms with van der Waals surface area (Å²) in [4.78, 5) is 22.7. The minimum Gasteiger partial charge on any atom is -0.387 e.